The Kier molecular flexibility index (Phi) is 9.69. The molecule has 0 aromatic heterocycles. The van der Waals surface area contributed by atoms with Crippen LogP contribution in [0.5, 0.6) is 0 Å². The summed E-state index contributed by atoms with van der Waals surface area (Å²) in [5, 5.41) is 12.3. The van der Waals surface area contributed by atoms with Crippen LogP contribution in [-0.4, -0.2) is 47.5 Å². The van der Waals surface area contributed by atoms with E-state index >= 15 is 0 Å². The number of benzene rings is 3. The number of hydrogen-bond acceptors (Lipinski definition) is 5. The summed E-state index contributed by atoms with van der Waals surface area (Å²) in [6.45, 7) is 1.54. The maximum atomic E-state index is 13.0. The Balaban J connectivity index is 1.25. The molecule has 8 nitrogen and oxygen atoms in total. The predicted molar refractivity (Wildman–Crippen MR) is 158 cm³/mol. The monoisotopic (exact) mass is 604 g/mol. The molecule has 1 heterocycles. The number of carbonyl (C=O) groups is 2. The van der Waals surface area contributed by atoms with Gasteiger partial charge in [0, 0.05) is 37.1 Å². The van der Waals surface area contributed by atoms with Crippen molar-refractivity contribution >= 4 is 57.8 Å². The van der Waals surface area contributed by atoms with E-state index in [2.05, 4.69) is 26.2 Å². The fraction of sp³-hybridized carbons (Fsp3) is 0.250. The van der Waals surface area contributed by atoms with Gasteiger partial charge in [0.1, 0.15) is 0 Å². The zero-order chi connectivity index (χ0) is 29.6. The van der Waals surface area contributed by atoms with E-state index in [9.17, 15) is 22.8 Å². The smallest absolute Gasteiger partial charge is 0.398 e. The molecular formula is C28H28ClF3N6O2S. The second-order valence-corrected chi connectivity index (χ2v) is 10.3. The maximum Gasteiger partial charge on any atom is 0.416 e. The molecule has 13 heteroatoms. The van der Waals surface area contributed by atoms with Crippen molar-refractivity contribution in [2.24, 2.45) is 0 Å². The topological polar surface area (TPSA) is 112 Å². The number of rotatable bonds is 8. The van der Waals surface area contributed by atoms with Crippen molar-refractivity contribution in [1.29, 1.82) is 0 Å². The Morgan fingerprint density at radius 3 is 2.54 bits per heavy atom. The van der Waals surface area contributed by atoms with Gasteiger partial charge < -0.3 is 27.0 Å². The highest BCUT2D eigenvalue weighted by Gasteiger charge is 2.31. The Morgan fingerprint density at radius 2 is 1.80 bits per heavy atom. The molecule has 1 saturated heterocycles. The van der Waals surface area contributed by atoms with Gasteiger partial charge in [0.15, 0.2) is 5.11 Å². The lowest BCUT2D eigenvalue weighted by atomic mass is 10.1. The molecule has 2 amide bonds. The molecule has 0 saturated carbocycles. The number of thiocarbonyl (C=S) groups is 1. The molecule has 1 atom stereocenters. The van der Waals surface area contributed by atoms with Crippen molar-refractivity contribution in [2.45, 2.75) is 25.2 Å². The molecule has 1 unspecified atom stereocenters. The summed E-state index contributed by atoms with van der Waals surface area (Å²) in [5.41, 5.74) is 6.73. The van der Waals surface area contributed by atoms with Crippen LogP contribution in [0.3, 0.4) is 0 Å². The molecule has 1 aliphatic rings. The number of likely N-dealkylation sites (tertiary alicyclic amines) is 1. The number of nitrogens with one attached hydrogen (secondary N) is 4. The van der Waals surface area contributed by atoms with Gasteiger partial charge in [0.05, 0.1) is 28.4 Å². The van der Waals surface area contributed by atoms with Gasteiger partial charge in [-0.1, -0.05) is 35.9 Å². The number of nitrogens with zero attached hydrogens (tertiary/aromatic N) is 1. The minimum Gasteiger partial charge on any atom is -0.398 e. The Labute approximate surface area is 245 Å². The number of anilines is 3. The third kappa shape index (κ3) is 8.56. The average Bonchev–Trinajstić information content (AvgIpc) is 3.35. The number of halogens is 4. The van der Waals surface area contributed by atoms with E-state index in [1.54, 1.807) is 6.07 Å². The molecule has 0 aliphatic carbocycles. The summed E-state index contributed by atoms with van der Waals surface area (Å²) in [6.07, 6.45) is -3.92. The van der Waals surface area contributed by atoms with Crippen LogP contribution in [0.15, 0.2) is 66.7 Å². The largest absolute Gasteiger partial charge is 0.416 e. The third-order valence-electron chi connectivity index (χ3n) is 6.39. The van der Waals surface area contributed by atoms with Crippen LogP contribution in [0.25, 0.3) is 0 Å². The molecule has 6 N–H and O–H groups in total. The summed E-state index contributed by atoms with van der Waals surface area (Å²) in [5.74, 6) is -1.31. The highest BCUT2D eigenvalue weighted by Crippen LogP contribution is 2.31. The van der Waals surface area contributed by atoms with Crippen molar-refractivity contribution in [3.8, 4) is 0 Å². The number of carbonyl (C=O) groups excluding carboxylic acids is 2. The van der Waals surface area contributed by atoms with E-state index < -0.39 is 30.1 Å². The van der Waals surface area contributed by atoms with Gasteiger partial charge in [0.2, 0.25) is 5.91 Å². The zero-order valence-electron chi connectivity index (χ0n) is 21.7. The van der Waals surface area contributed by atoms with Gasteiger partial charge in [-0.3, -0.25) is 14.5 Å². The van der Waals surface area contributed by atoms with Gasteiger partial charge in [0.25, 0.3) is 5.91 Å². The molecule has 3 aromatic rings. The van der Waals surface area contributed by atoms with Gasteiger partial charge >= 0.3 is 6.18 Å². The molecule has 216 valence electrons. The molecule has 3 aromatic carbocycles. The number of para-hydroxylation sites is 1. The first-order valence-electron chi connectivity index (χ1n) is 12.7. The van der Waals surface area contributed by atoms with E-state index in [1.807, 2.05) is 42.5 Å². The summed E-state index contributed by atoms with van der Waals surface area (Å²) in [4.78, 5) is 27.0. The van der Waals surface area contributed by atoms with Gasteiger partial charge in [-0.2, -0.15) is 13.2 Å². The summed E-state index contributed by atoms with van der Waals surface area (Å²) in [6, 6.07) is 17.5. The lowest BCUT2D eigenvalue weighted by Gasteiger charge is -2.18. The number of hydrogen-bond donors (Lipinski definition) is 5. The van der Waals surface area contributed by atoms with Crippen molar-refractivity contribution in [1.82, 2.24) is 15.5 Å². The molecule has 0 bridgehead atoms. The SMILES string of the molecule is Nc1ccc(C(F)(F)F)cc1C(=O)NCC(=O)NC1CCN(Cc2ccc(Cl)c(NC(=S)Nc3ccccc3)c2)C1. The number of alkyl halides is 3. The Hall–Kier alpha value is -3.87. The molecule has 1 aliphatic heterocycles. The third-order valence-corrected chi connectivity index (χ3v) is 6.92. The molecule has 1 fully saturated rings. The first-order chi connectivity index (χ1) is 19.5. The number of nitrogens with two attached hydrogens (primary N) is 1. The summed E-state index contributed by atoms with van der Waals surface area (Å²) >= 11 is 11.8. The molecular weight excluding hydrogens is 577 g/mol. The van der Waals surface area contributed by atoms with E-state index in [1.165, 1.54) is 0 Å². The standard InChI is InChI=1S/C28H28ClF3N6O2S/c29-22-8-6-17(12-24(22)37-27(41)36-19-4-2-1-3-5-19)15-38-11-10-20(16-38)35-25(39)14-34-26(40)21-13-18(28(30,31)32)7-9-23(21)33/h1-9,12-13,20H,10-11,14-16,33H2,(H,34,40)(H,35,39)(H2,36,37,41). The summed E-state index contributed by atoms with van der Waals surface area (Å²) in [7, 11) is 0. The minimum atomic E-state index is -4.62. The van der Waals surface area contributed by atoms with E-state index in [-0.39, 0.29) is 17.3 Å². The Bertz CT molecular complexity index is 1420. The first kappa shape index (κ1) is 30.1. The Morgan fingerprint density at radius 1 is 1.05 bits per heavy atom. The molecule has 4 rings (SSSR count). The van der Waals surface area contributed by atoms with Crippen molar-refractivity contribution in [2.75, 3.05) is 36.0 Å². The normalized spacial score (nSPS) is 15.3. The van der Waals surface area contributed by atoms with Crippen LogP contribution >= 0.6 is 23.8 Å². The lowest BCUT2D eigenvalue weighted by Crippen LogP contribution is -2.43. The number of amides is 2. The van der Waals surface area contributed by atoms with Gasteiger partial charge in [-0.25, -0.2) is 0 Å². The predicted octanol–water partition coefficient (Wildman–Crippen LogP) is 4.87. The number of nitrogen functional groups attached to an aromatic ring is 1. The van der Waals surface area contributed by atoms with E-state index in [0.29, 0.717) is 41.4 Å². The fourth-order valence-electron chi connectivity index (χ4n) is 4.39. The van der Waals surface area contributed by atoms with E-state index in [4.69, 9.17) is 29.6 Å². The van der Waals surface area contributed by atoms with Crippen LogP contribution in [0, 0.1) is 0 Å². The quantitative estimate of drug-likeness (QED) is 0.184. The van der Waals surface area contributed by atoms with Crippen molar-refractivity contribution < 1.29 is 22.8 Å². The van der Waals surface area contributed by atoms with Gasteiger partial charge in [-0.05, 0) is 66.7 Å². The molecule has 41 heavy (non-hydrogen) atoms. The van der Waals surface area contributed by atoms with Crippen LogP contribution in [0.1, 0.15) is 27.9 Å². The molecule has 0 spiro atoms. The average molecular weight is 605 g/mol. The minimum absolute atomic E-state index is 0.114. The highest BCUT2D eigenvalue weighted by molar-refractivity contribution is 7.80. The maximum absolute atomic E-state index is 13.0. The van der Waals surface area contributed by atoms with Crippen LogP contribution in [0.4, 0.5) is 30.2 Å². The van der Waals surface area contributed by atoms with Crippen molar-refractivity contribution in [3.63, 3.8) is 0 Å². The zero-order valence-corrected chi connectivity index (χ0v) is 23.3. The second-order valence-electron chi connectivity index (χ2n) is 9.53. The van der Waals surface area contributed by atoms with Gasteiger partial charge in [-0.15, -0.1) is 0 Å². The van der Waals surface area contributed by atoms with Crippen LogP contribution in [0.2, 0.25) is 5.02 Å². The van der Waals surface area contributed by atoms with Crippen molar-refractivity contribution in [3.05, 3.63) is 88.4 Å². The lowest BCUT2D eigenvalue weighted by molar-refractivity contribution is -0.137. The van der Waals surface area contributed by atoms with Crippen LogP contribution < -0.4 is 27.0 Å². The fourth-order valence-corrected chi connectivity index (χ4v) is 4.78. The molecule has 0 radical (unpaired) electrons. The summed E-state index contributed by atoms with van der Waals surface area (Å²) < 4.78 is 38.9. The van der Waals surface area contributed by atoms with E-state index in [0.717, 1.165) is 29.9 Å². The second kappa shape index (κ2) is 13.2. The highest BCUT2D eigenvalue weighted by atomic mass is 35.5. The first-order valence-corrected chi connectivity index (χ1v) is 13.4. The van der Waals surface area contributed by atoms with Crippen LogP contribution in [-0.2, 0) is 17.5 Å².